The third-order valence-corrected chi connectivity index (χ3v) is 2.22. The summed E-state index contributed by atoms with van der Waals surface area (Å²) in [4.78, 5) is 2.30. The Hall–Kier alpha value is -0.910. The van der Waals surface area contributed by atoms with Crippen LogP contribution in [0.4, 0.5) is 18.9 Å². The molecule has 0 aliphatic heterocycles. The first-order valence-corrected chi connectivity index (χ1v) is 4.64. The lowest BCUT2D eigenvalue weighted by Crippen LogP contribution is -2.05. The Balaban J connectivity index is 3.54. The van der Waals surface area contributed by atoms with E-state index in [1.54, 1.807) is 0 Å². The second-order valence-corrected chi connectivity index (χ2v) is 3.79. The van der Waals surface area contributed by atoms with E-state index in [4.69, 9.17) is 17.1 Å². The summed E-state index contributed by atoms with van der Waals surface area (Å²) in [5.74, 6) is 0. The Labute approximate surface area is 95.6 Å². The Morgan fingerprint density at radius 1 is 1.40 bits per heavy atom. The molecule has 0 atom stereocenters. The molecule has 0 aromatic heterocycles. The quantitative estimate of drug-likeness (QED) is 0.395. The molecular formula is C7H2BrClF3N3. The minimum atomic E-state index is -4.61. The van der Waals surface area contributed by atoms with Crippen LogP contribution in [0.2, 0.25) is 5.02 Å². The second-order valence-electron chi connectivity index (χ2n) is 2.47. The molecule has 0 unspecified atom stereocenters. The van der Waals surface area contributed by atoms with Crippen LogP contribution >= 0.6 is 27.5 Å². The van der Waals surface area contributed by atoms with Crippen LogP contribution in [0.25, 0.3) is 10.4 Å². The maximum Gasteiger partial charge on any atom is 0.416 e. The fraction of sp³-hybridized carbons (Fsp3) is 0.143. The van der Waals surface area contributed by atoms with E-state index in [1.165, 1.54) is 6.07 Å². The summed E-state index contributed by atoms with van der Waals surface area (Å²) in [7, 11) is 0. The maximum atomic E-state index is 12.5. The zero-order valence-electron chi connectivity index (χ0n) is 6.89. The van der Waals surface area contributed by atoms with Crippen LogP contribution in [0.1, 0.15) is 5.56 Å². The highest BCUT2D eigenvalue weighted by atomic mass is 79.9. The topological polar surface area (TPSA) is 48.8 Å². The van der Waals surface area contributed by atoms with E-state index >= 15 is 0 Å². The van der Waals surface area contributed by atoms with Gasteiger partial charge in [-0.25, -0.2) is 0 Å². The molecule has 1 rings (SSSR count). The van der Waals surface area contributed by atoms with Crippen molar-refractivity contribution in [2.75, 3.05) is 0 Å². The molecule has 0 bridgehead atoms. The Kier molecular flexibility index (Phi) is 3.49. The number of benzene rings is 1. The first-order chi connectivity index (χ1) is 6.86. The Morgan fingerprint density at radius 3 is 2.47 bits per heavy atom. The van der Waals surface area contributed by atoms with Crippen molar-refractivity contribution in [3.05, 3.63) is 37.6 Å². The van der Waals surface area contributed by atoms with Crippen molar-refractivity contribution >= 4 is 33.2 Å². The molecule has 0 aliphatic rings. The van der Waals surface area contributed by atoms with Gasteiger partial charge in [-0.15, -0.1) is 0 Å². The molecule has 0 amide bonds. The largest absolute Gasteiger partial charge is 0.416 e. The SMILES string of the molecule is [N-]=[N+]=Nc1c(Cl)cc(Br)cc1C(F)(F)F. The van der Waals surface area contributed by atoms with Crippen LogP contribution in [-0.2, 0) is 6.18 Å². The van der Waals surface area contributed by atoms with E-state index in [9.17, 15) is 13.2 Å². The van der Waals surface area contributed by atoms with Gasteiger partial charge in [0.05, 0.1) is 16.3 Å². The highest BCUT2D eigenvalue weighted by molar-refractivity contribution is 9.10. The first kappa shape index (κ1) is 12.2. The molecule has 0 aliphatic carbocycles. The van der Waals surface area contributed by atoms with Gasteiger partial charge in [0.1, 0.15) is 0 Å². The molecule has 0 N–H and O–H groups in total. The van der Waals surface area contributed by atoms with Crippen LogP contribution in [0.3, 0.4) is 0 Å². The highest BCUT2D eigenvalue weighted by Gasteiger charge is 2.34. The van der Waals surface area contributed by atoms with Crippen LogP contribution < -0.4 is 0 Å². The van der Waals surface area contributed by atoms with Gasteiger partial charge < -0.3 is 0 Å². The lowest BCUT2D eigenvalue weighted by atomic mass is 10.2. The molecule has 1 aromatic rings. The summed E-state index contributed by atoms with van der Waals surface area (Å²) >= 11 is 8.40. The molecule has 1 aromatic carbocycles. The van der Waals surface area contributed by atoms with Crippen molar-refractivity contribution in [2.24, 2.45) is 5.11 Å². The number of hydrogen-bond acceptors (Lipinski definition) is 1. The van der Waals surface area contributed by atoms with Crippen LogP contribution in [-0.4, -0.2) is 0 Å². The standard InChI is InChI=1S/C7H2BrClF3N3/c8-3-1-4(7(10,11)12)6(14-15-13)5(9)2-3/h1-2H. The molecule has 15 heavy (non-hydrogen) atoms. The first-order valence-electron chi connectivity index (χ1n) is 3.47. The zero-order chi connectivity index (χ0) is 11.6. The maximum absolute atomic E-state index is 12.5. The van der Waals surface area contributed by atoms with Crippen LogP contribution in [0.15, 0.2) is 21.7 Å². The second kappa shape index (κ2) is 4.30. The van der Waals surface area contributed by atoms with E-state index in [1.807, 2.05) is 0 Å². The van der Waals surface area contributed by atoms with Gasteiger partial charge in [-0.1, -0.05) is 32.6 Å². The molecular weight excluding hydrogens is 298 g/mol. The fourth-order valence-corrected chi connectivity index (χ4v) is 1.78. The number of azide groups is 1. The molecule has 3 nitrogen and oxygen atoms in total. The van der Waals surface area contributed by atoms with E-state index in [-0.39, 0.29) is 9.50 Å². The molecule has 0 saturated heterocycles. The van der Waals surface area contributed by atoms with Crippen molar-refractivity contribution < 1.29 is 13.2 Å². The van der Waals surface area contributed by atoms with Crippen molar-refractivity contribution in [2.45, 2.75) is 6.18 Å². The Bertz CT molecular complexity index is 440. The predicted molar refractivity (Wildman–Crippen MR) is 53.0 cm³/mol. The molecule has 80 valence electrons. The molecule has 0 saturated carbocycles. The summed E-state index contributed by atoms with van der Waals surface area (Å²) in [6.45, 7) is 0. The van der Waals surface area contributed by atoms with Gasteiger partial charge in [0, 0.05) is 9.38 Å². The van der Waals surface area contributed by atoms with Crippen molar-refractivity contribution in [3.8, 4) is 0 Å². The van der Waals surface area contributed by atoms with Crippen LogP contribution in [0, 0.1) is 0 Å². The zero-order valence-corrected chi connectivity index (χ0v) is 9.23. The van der Waals surface area contributed by atoms with Gasteiger partial charge in [0.2, 0.25) is 0 Å². The fourth-order valence-electron chi connectivity index (χ4n) is 0.928. The summed E-state index contributed by atoms with van der Waals surface area (Å²) in [5.41, 5.74) is 6.44. The minimum absolute atomic E-state index is 0.164. The normalized spacial score (nSPS) is 11.0. The average Bonchev–Trinajstić information content (AvgIpc) is 2.07. The molecule has 0 radical (unpaired) electrons. The van der Waals surface area contributed by atoms with Gasteiger partial charge in [0.25, 0.3) is 0 Å². The lowest BCUT2D eigenvalue weighted by Gasteiger charge is -2.11. The van der Waals surface area contributed by atoms with Gasteiger partial charge in [-0.2, -0.15) is 13.2 Å². The van der Waals surface area contributed by atoms with Crippen molar-refractivity contribution in [3.63, 3.8) is 0 Å². The number of nitrogens with zero attached hydrogens (tertiary/aromatic N) is 3. The van der Waals surface area contributed by atoms with Crippen LogP contribution in [0.5, 0.6) is 0 Å². The van der Waals surface area contributed by atoms with Crippen molar-refractivity contribution in [1.29, 1.82) is 0 Å². The van der Waals surface area contributed by atoms with Gasteiger partial charge >= 0.3 is 6.18 Å². The summed E-state index contributed by atoms with van der Waals surface area (Å²) in [5, 5.41) is 2.67. The molecule has 0 fully saturated rings. The highest BCUT2D eigenvalue weighted by Crippen LogP contribution is 2.42. The molecule has 0 spiro atoms. The van der Waals surface area contributed by atoms with E-state index < -0.39 is 17.4 Å². The monoisotopic (exact) mass is 299 g/mol. The van der Waals surface area contributed by atoms with E-state index in [2.05, 4.69) is 26.0 Å². The van der Waals surface area contributed by atoms with Gasteiger partial charge in [-0.05, 0) is 17.7 Å². The van der Waals surface area contributed by atoms with Crippen molar-refractivity contribution in [1.82, 2.24) is 0 Å². The number of halogens is 5. The number of hydrogen-bond donors (Lipinski definition) is 0. The number of rotatable bonds is 1. The molecule has 8 heteroatoms. The third-order valence-electron chi connectivity index (χ3n) is 1.48. The average molecular weight is 300 g/mol. The number of alkyl halides is 3. The van der Waals surface area contributed by atoms with Gasteiger partial charge in [0.15, 0.2) is 0 Å². The smallest absolute Gasteiger partial charge is 0.166 e. The summed E-state index contributed by atoms with van der Waals surface area (Å²) in [6.07, 6.45) is -4.61. The lowest BCUT2D eigenvalue weighted by molar-refractivity contribution is -0.137. The third kappa shape index (κ3) is 2.77. The van der Waals surface area contributed by atoms with E-state index in [0.29, 0.717) is 0 Å². The predicted octanol–water partition coefficient (Wildman–Crippen LogP) is 5.06. The molecule has 0 heterocycles. The Morgan fingerprint density at radius 2 is 2.00 bits per heavy atom. The summed E-state index contributed by atoms with van der Waals surface area (Å²) in [6, 6.07) is 2.02. The van der Waals surface area contributed by atoms with Gasteiger partial charge in [-0.3, -0.25) is 0 Å². The minimum Gasteiger partial charge on any atom is -0.166 e. The van der Waals surface area contributed by atoms with E-state index in [0.717, 1.165) is 6.07 Å². The summed E-state index contributed by atoms with van der Waals surface area (Å²) < 4.78 is 37.6.